The summed E-state index contributed by atoms with van der Waals surface area (Å²) in [7, 11) is 0. The largest absolute Gasteiger partial charge is 0.491 e. The van der Waals surface area contributed by atoms with Gasteiger partial charge in [0.05, 0.1) is 0 Å². The zero-order valence-corrected chi connectivity index (χ0v) is 12.1. The van der Waals surface area contributed by atoms with E-state index in [4.69, 9.17) is 4.74 Å². The van der Waals surface area contributed by atoms with E-state index in [2.05, 4.69) is 32.2 Å². The summed E-state index contributed by atoms with van der Waals surface area (Å²) in [6, 6.07) is 6.09. The van der Waals surface area contributed by atoms with Gasteiger partial charge in [0.25, 0.3) is 0 Å². The third-order valence-electron chi connectivity index (χ3n) is 2.64. The van der Waals surface area contributed by atoms with E-state index in [0.717, 1.165) is 16.9 Å². The number of nitrogens with one attached hydrogen (secondary N) is 1. The van der Waals surface area contributed by atoms with E-state index < -0.39 is 6.10 Å². The van der Waals surface area contributed by atoms with Crippen LogP contribution in [0.4, 0.5) is 0 Å². The zero-order valence-electron chi connectivity index (χ0n) is 12.1. The zero-order chi connectivity index (χ0) is 13.8. The molecule has 0 aliphatic rings. The van der Waals surface area contributed by atoms with Gasteiger partial charge in [0, 0.05) is 12.1 Å². The minimum absolute atomic E-state index is 0.0141. The Bertz CT molecular complexity index is 383. The molecule has 3 heteroatoms. The van der Waals surface area contributed by atoms with Crippen LogP contribution < -0.4 is 10.1 Å². The van der Waals surface area contributed by atoms with Crippen LogP contribution in [0.25, 0.3) is 0 Å². The monoisotopic (exact) mass is 251 g/mol. The van der Waals surface area contributed by atoms with Crippen molar-refractivity contribution in [2.75, 3.05) is 13.2 Å². The molecule has 2 N–H and O–H groups in total. The lowest BCUT2D eigenvalue weighted by molar-refractivity contribution is 0.0997. The number of hydrogen-bond donors (Lipinski definition) is 2. The van der Waals surface area contributed by atoms with Gasteiger partial charge in [-0.1, -0.05) is 12.1 Å². The Labute approximate surface area is 110 Å². The van der Waals surface area contributed by atoms with E-state index in [1.807, 2.05) is 26.0 Å². The van der Waals surface area contributed by atoms with Crippen LogP contribution in [0.1, 0.15) is 31.9 Å². The summed E-state index contributed by atoms with van der Waals surface area (Å²) in [5.74, 6) is 0.852. The summed E-state index contributed by atoms with van der Waals surface area (Å²) >= 11 is 0. The average molecular weight is 251 g/mol. The third kappa shape index (κ3) is 5.52. The van der Waals surface area contributed by atoms with Crippen LogP contribution in [-0.4, -0.2) is 29.9 Å². The summed E-state index contributed by atoms with van der Waals surface area (Å²) < 4.78 is 5.65. The highest BCUT2D eigenvalue weighted by Crippen LogP contribution is 2.19. The van der Waals surface area contributed by atoms with Gasteiger partial charge >= 0.3 is 0 Å². The number of rotatable bonds is 5. The van der Waals surface area contributed by atoms with Crippen molar-refractivity contribution in [2.24, 2.45) is 0 Å². The number of aryl methyl sites for hydroxylation is 2. The van der Waals surface area contributed by atoms with Crippen molar-refractivity contribution in [2.45, 2.75) is 46.3 Å². The Kier molecular flexibility index (Phi) is 5.17. The van der Waals surface area contributed by atoms with E-state index in [-0.39, 0.29) is 5.54 Å². The predicted molar refractivity (Wildman–Crippen MR) is 75.2 cm³/mol. The molecule has 1 atom stereocenters. The van der Waals surface area contributed by atoms with Crippen molar-refractivity contribution in [3.63, 3.8) is 0 Å². The number of benzene rings is 1. The van der Waals surface area contributed by atoms with Crippen molar-refractivity contribution in [3.05, 3.63) is 29.3 Å². The molecule has 1 aromatic rings. The molecule has 0 saturated carbocycles. The van der Waals surface area contributed by atoms with Gasteiger partial charge in [-0.15, -0.1) is 0 Å². The summed E-state index contributed by atoms with van der Waals surface area (Å²) in [6.07, 6.45) is -0.496. The SMILES string of the molecule is Cc1ccc(C)c(OC[C@@H](O)CNC(C)(C)C)c1. The molecule has 0 spiro atoms. The molecule has 0 aliphatic heterocycles. The Morgan fingerprint density at radius 3 is 2.56 bits per heavy atom. The van der Waals surface area contributed by atoms with Crippen LogP contribution in [-0.2, 0) is 0 Å². The van der Waals surface area contributed by atoms with Gasteiger partial charge in [-0.25, -0.2) is 0 Å². The van der Waals surface area contributed by atoms with Gasteiger partial charge in [-0.2, -0.15) is 0 Å². The summed E-state index contributed by atoms with van der Waals surface area (Å²) in [4.78, 5) is 0. The Morgan fingerprint density at radius 1 is 1.28 bits per heavy atom. The second kappa shape index (κ2) is 6.21. The van der Waals surface area contributed by atoms with Gasteiger partial charge in [0.2, 0.25) is 0 Å². The van der Waals surface area contributed by atoms with Gasteiger partial charge in [0.15, 0.2) is 0 Å². The molecule has 1 rings (SSSR count). The second-order valence-electron chi connectivity index (χ2n) is 5.86. The van der Waals surface area contributed by atoms with Crippen molar-refractivity contribution in [3.8, 4) is 5.75 Å². The first kappa shape index (κ1) is 15.0. The summed E-state index contributed by atoms with van der Waals surface area (Å²) in [5.41, 5.74) is 2.27. The number of aliphatic hydroxyl groups excluding tert-OH is 1. The topological polar surface area (TPSA) is 41.5 Å². The van der Waals surface area contributed by atoms with E-state index in [9.17, 15) is 5.11 Å². The molecular weight excluding hydrogens is 226 g/mol. The van der Waals surface area contributed by atoms with Crippen molar-refractivity contribution in [1.29, 1.82) is 0 Å². The molecule has 0 bridgehead atoms. The van der Waals surface area contributed by atoms with Crippen LogP contribution in [0.5, 0.6) is 5.75 Å². The quantitative estimate of drug-likeness (QED) is 0.844. The molecule has 18 heavy (non-hydrogen) atoms. The van der Waals surface area contributed by atoms with E-state index >= 15 is 0 Å². The van der Waals surface area contributed by atoms with E-state index in [1.165, 1.54) is 0 Å². The molecular formula is C15H25NO2. The van der Waals surface area contributed by atoms with E-state index in [0.29, 0.717) is 13.2 Å². The molecule has 0 radical (unpaired) electrons. The standard InChI is InChI=1S/C15H25NO2/c1-11-6-7-12(2)14(8-11)18-10-13(17)9-16-15(3,4)5/h6-8,13,16-17H,9-10H2,1-5H3/t13-/m0/s1. The Balaban J connectivity index is 2.42. The number of hydrogen-bond acceptors (Lipinski definition) is 3. The van der Waals surface area contributed by atoms with Crippen LogP contribution >= 0.6 is 0 Å². The fraction of sp³-hybridized carbons (Fsp3) is 0.600. The number of aliphatic hydroxyl groups is 1. The van der Waals surface area contributed by atoms with E-state index in [1.54, 1.807) is 0 Å². The van der Waals surface area contributed by atoms with Crippen LogP contribution in [0.2, 0.25) is 0 Å². The molecule has 0 aromatic heterocycles. The second-order valence-corrected chi connectivity index (χ2v) is 5.86. The predicted octanol–water partition coefficient (Wildman–Crippen LogP) is 2.43. The normalized spacial score (nSPS) is 13.4. The van der Waals surface area contributed by atoms with Crippen molar-refractivity contribution >= 4 is 0 Å². The highest BCUT2D eigenvalue weighted by molar-refractivity contribution is 5.35. The van der Waals surface area contributed by atoms with Crippen molar-refractivity contribution in [1.82, 2.24) is 5.32 Å². The Hall–Kier alpha value is -1.06. The molecule has 0 unspecified atom stereocenters. The molecule has 3 nitrogen and oxygen atoms in total. The number of β-amino-alcohol motifs (C(OH)–C–C–N with tert-alkyl or cyclic N) is 1. The minimum Gasteiger partial charge on any atom is -0.491 e. The molecule has 0 amide bonds. The maximum Gasteiger partial charge on any atom is 0.122 e. The lowest BCUT2D eigenvalue weighted by Gasteiger charge is -2.23. The molecule has 0 aliphatic carbocycles. The van der Waals surface area contributed by atoms with Crippen molar-refractivity contribution < 1.29 is 9.84 Å². The summed E-state index contributed by atoms with van der Waals surface area (Å²) in [5, 5.41) is 13.1. The summed E-state index contributed by atoms with van der Waals surface area (Å²) in [6.45, 7) is 11.1. The van der Waals surface area contributed by atoms with Crippen LogP contribution in [0.3, 0.4) is 0 Å². The molecule has 0 fully saturated rings. The lowest BCUT2D eigenvalue weighted by Crippen LogP contribution is -2.42. The first-order chi connectivity index (χ1) is 8.28. The highest BCUT2D eigenvalue weighted by atomic mass is 16.5. The van der Waals surface area contributed by atoms with Crippen LogP contribution in [0.15, 0.2) is 18.2 Å². The van der Waals surface area contributed by atoms with Gasteiger partial charge in [-0.05, 0) is 51.8 Å². The van der Waals surface area contributed by atoms with Gasteiger partial charge in [-0.3, -0.25) is 0 Å². The fourth-order valence-electron chi connectivity index (χ4n) is 1.53. The van der Waals surface area contributed by atoms with Gasteiger partial charge < -0.3 is 15.2 Å². The highest BCUT2D eigenvalue weighted by Gasteiger charge is 2.12. The molecule has 0 saturated heterocycles. The minimum atomic E-state index is -0.496. The first-order valence-electron chi connectivity index (χ1n) is 6.41. The van der Waals surface area contributed by atoms with Gasteiger partial charge in [0.1, 0.15) is 18.5 Å². The average Bonchev–Trinajstić information content (AvgIpc) is 2.26. The first-order valence-corrected chi connectivity index (χ1v) is 6.41. The molecule has 1 aromatic carbocycles. The third-order valence-corrected chi connectivity index (χ3v) is 2.64. The lowest BCUT2D eigenvalue weighted by atomic mass is 10.1. The molecule has 0 heterocycles. The fourth-order valence-corrected chi connectivity index (χ4v) is 1.53. The smallest absolute Gasteiger partial charge is 0.122 e. The Morgan fingerprint density at radius 2 is 1.94 bits per heavy atom. The maximum atomic E-state index is 9.85. The van der Waals surface area contributed by atoms with Crippen LogP contribution in [0, 0.1) is 13.8 Å². The molecule has 102 valence electrons. The maximum absolute atomic E-state index is 9.85. The number of ether oxygens (including phenoxy) is 1.